The zero-order chi connectivity index (χ0) is 15.8. The van der Waals surface area contributed by atoms with Gasteiger partial charge in [0.1, 0.15) is 24.2 Å². The van der Waals surface area contributed by atoms with Gasteiger partial charge in [0.2, 0.25) is 5.50 Å². The van der Waals surface area contributed by atoms with Crippen LogP contribution in [0.25, 0.3) is 0 Å². The van der Waals surface area contributed by atoms with E-state index in [-0.39, 0.29) is 0 Å². The van der Waals surface area contributed by atoms with E-state index < -0.39 is 27.8 Å². The van der Waals surface area contributed by atoms with Crippen molar-refractivity contribution < 1.29 is 23.4 Å². The molecule has 1 aliphatic heterocycles. The van der Waals surface area contributed by atoms with Crippen molar-refractivity contribution in [3.63, 3.8) is 0 Å². The quantitative estimate of drug-likeness (QED) is 0.675. The number of rotatable bonds is 4. The highest BCUT2D eigenvalue weighted by atomic mass is 32.2. The largest absolute Gasteiger partial charge is 0.530 e. The van der Waals surface area contributed by atoms with Crippen LogP contribution in [0.5, 0.6) is 5.75 Å². The van der Waals surface area contributed by atoms with Crippen LogP contribution in [-0.2, 0) is 6.42 Å². The van der Waals surface area contributed by atoms with E-state index in [9.17, 15) is 18.7 Å². The fourth-order valence-corrected chi connectivity index (χ4v) is 3.26. The first-order valence-corrected chi connectivity index (χ1v) is 7.33. The third-order valence-electron chi connectivity index (χ3n) is 3.34. The molecule has 0 fully saturated rings. The molecule has 1 aliphatic rings. The predicted octanol–water partition coefficient (Wildman–Crippen LogP) is 3.93. The summed E-state index contributed by atoms with van der Waals surface area (Å²) in [6.45, 7) is 2.55. The summed E-state index contributed by atoms with van der Waals surface area (Å²) in [7, 11) is 1.32. The molecule has 0 radical (unpaired) electrons. The van der Waals surface area contributed by atoms with Gasteiger partial charge in [-0.25, -0.2) is 8.78 Å². The lowest BCUT2D eigenvalue weighted by molar-refractivity contribution is 0.136. The molecule has 1 aromatic rings. The van der Waals surface area contributed by atoms with Crippen LogP contribution in [0.15, 0.2) is 18.2 Å². The summed E-state index contributed by atoms with van der Waals surface area (Å²) in [6.07, 6.45) is -0.638. The van der Waals surface area contributed by atoms with Crippen LogP contribution < -0.4 is 8.63 Å². The number of carboxylic acid groups (broad SMARTS) is 1. The van der Waals surface area contributed by atoms with Crippen molar-refractivity contribution >= 4 is 23.7 Å². The number of ether oxygens (including phenoxy) is 1. The summed E-state index contributed by atoms with van der Waals surface area (Å²) in [5, 5.41) is 9.50. The Morgan fingerprint density at radius 2 is 2.24 bits per heavy atom. The Morgan fingerprint density at radius 3 is 2.81 bits per heavy atom. The van der Waals surface area contributed by atoms with Crippen LogP contribution >= 0.6 is 11.9 Å². The number of quaternary nitrogens is 1. The van der Waals surface area contributed by atoms with E-state index in [2.05, 4.69) is 0 Å². The van der Waals surface area contributed by atoms with Gasteiger partial charge in [0.15, 0.2) is 11.4 Å². The molecule has 1 N–H and O–H groups in total. The zero-order valence-electron chi connectivity index (χ0n) is 12.1. The highest BCUT2D eigenvalue weighted by Crippen LogP contribution is 2.47. The molecule has 0 bridgehead atoms. The standard InChI is InChI=1S/C14H17F2NO3S/c1-14(2)7-9-5-4-6-10(12(9)20-14)17(3,13(18)19)21-11(16)8-15/h4-6,11H,7-8H2,1-3H3/p+1. The summed E-state index contributed by atoms with van der Waals surface area (Å²) in [5.41, 5.74) is -1.18. The van der Waals surface area contributed by atoms with Gasteiger partial charge in [-0.1, -0.05) is 12.1 Å². The van der Waals surface area contributed by atoms with E-state index in [4.69, 9.17) is 4.74 Å². The van der Waals surface area contributed by atoms with E-state index in [1.807, 2.05) is 19.9 Å². The molecule has 2 unspecified atom stereocenters. The third kappa shape index (κ3) is 2.98. The topological polar surface area (TPSA) is 46.5 Å². The Labute approximate surface area is 126 Å². The molecule has 0 saturated carbocycles. The molecule has 0 aliphatic carbocycles. The number of hydrogen-bond acceptors (Lipinski definition) is 3. The first-order chi connectivity index (χ1) is 9.69. The van der Waals surface area contributed by atoms with Crippen molar-refractivity contribution in [3.05, 3.63) is 23.8 Å². The van der Waals surface area contributed by atoms with Crippen LogP contribution in [0.4, 0.5) is 19.3 Å². The molecule has 0 spiro atoms. The van der Waals surface area contributed by atoms with Gasteiger partial charge >= 0.3 is 6.09 Å². The van der Waals surface area contributed by atoms with Crippen molar-refractivity contribution in [3.8, 4) is 5.75 Å². The number of benzene rings is 1. The van der Waals surface area contributed by atoms with Crippen molar-refractivity contribution in [2.45, 2.75) is 31.4 Å². The molecule has 1 aromatic carbocycles. The summed E-state index contributed by atoms with van der Waals surface area (Å²) >= 11 is 0.391. The maximum absolute atomic E-state index is 13.4. The third-order valence-corrected chi connectivity index (χ3v) is 4.47. The molecule has 2 atom stereocenters. The second-order valence-corrected chi connectivity index (χ2v) is 7.13. The van der Waals surface area contributed by atoms with Gasteiger partial charge in [0.25, 0.3) is 0 Å². The van der Waals surface area contributed by atoms with Gasteiger partial charge in [-0.3, -0.25) is 0 Å². The lowest BCUT2D eigenvalue weighted by atomic mass is 10.0. The average molecular weight is 318 g/mol. The summed E-state index contributed by atoms with van der Waals surface area (Å²) in [5.74, 6) is 0.450. The Bertz CT molecular complexity index is 567. The van der Waals surface area contributed by atoms with Crippen LogP contribution in [0.2, 0.25) is 0 Å². The lowest BCUT2D eigenvalue weighted by Crippen LogP contribution is -2.44. The van der Waals surface area contributed by atoms with Gasteiger partial charge in [-0.15, -0.1) is 3.89 Å². The van der Waals surface area contributed by atoms with E-state index in [1.54, 1.807) is 12.1 Å². The summed E-state index contributed by atoms with van der Waals surface area (Å²) in [4.78, 5) is 11.6. The SMILES string of the molecule is CC1(C)Cc2cccc([N+](C)(SC(F)CF)C(=O)O)c2O1. The normalized spacial score (nSPS) is 20.2. The minimum absolute atomic E-state index is 0.312. The first kappa shape index (κ1) is 16.0. The number of hydrogen-bond donors (Lipinski definition) is 1. The first-order valence-electron chi connectivity index (χ1n) is 6.49. The van der Waals surface area contributed by atoms with Gasteiger partial charge < -0.3 is 9.84 Å². The zero-order valence-corrected chi connectivity index (χ0v) is 12.9. The van der Waals surface area contributed by atoms with Gasteiger partial charge in [-0.2, -0.15) is 4.79 Å². The van der Waals surface area contributed by atoms with Gasteiger partial charge in [0.05, 0.1) is 7.05 Å². The molecule has 4 nitrogen and oxygen atoms in total. The Morgan fingerprint density at radius 1 is 1.57 bits per heavy atom. The molecular formula is C14H18F2NO3S+. The monoisotopic (exact) mass is 318 g/mol. The second-order valence-electron chi connectivity index (χ2n) is 5.68. The Kier molecular flexibility index (Phi) is 4.17. The van der Waals surface area contributed by atoms with E-state index in [1.165, 1.54) is 7.05 Å². The second kappa shape index (κ2) is 5.46. The van der Waals surface area contributed by atoms with Crippen molar-refractivity contribution in [2.75, 3.05) is 13.7 Å². The molecule has 7 heteroatoms. The molecule has 21 heavy (non-hydrogen) atoms. The fraction of sp³-hybridized carbons (Fsp3) is 0.500. The van der Waals surface area contributed by atoms with Gasteiger partial charge in [0, 0.05) is 18.1 Å². The highest BCUT2D eigenvalue weighted by molar-refractivity contribution is 7.99. The van der Waals surface area contributed by atoms with Crippen LogP contribution in [-0.4, -0.2) is 36.0 Å². The minimum Gasteiger partial charge on any atom is -0.481 e. The maximum atomic E-state index is 13.4. The number of fused-ring (bicyclic) bond motifs is 1. The summed E-state index contributed by atoms with van der Waals surface area (Å²) < 4.78 is 30.9. The molecule has 0 saturated heterocycles. The number of carbonyl (C=O) groups is 1. The van der Waals surface area contributed by atoms with Gasteiger partial charge in [-0.05, 0) is 13.8 Å². The number of halogens is 2. The minimum atomic E-state index is -1.92. The van der Waals surface area contributed by atoms with Crippen molar-refractivity contribution in [1.82, 2.24) is 3.89 Å². The molecule has 2 rings (SSSR count). The van der Waals surface area contributed by atoms with Crippen molar-refractivity contribution in [2.24, 2.45) is 0 Å². The number of para-hydroxylation sites is 1. The van der Waals surface area contributed by atoms with E-state index >= 15 is 0 Å². The number of amides is 1. The van der Waals surface area contributed by atoms with Crippen LogP contribution in [0.1, 0.15) is 19.4 Å². The van der Waals surface area contributed by atoms with Crippen LogP contribution in [0.3, 0.4) is 0 Å². The Balaban J connectivity index is 2.49. The molecule has 0 aromatic heterocycles. The smallest absolute Gasteiger partial charge is 0.481 e. The molecule has 116 valence electrons. The fourth-order valence-electron chi connectivity index (χ4n) is 2.40. The number of alkyl halides is 2. The number of nitrogens with zero attached hydrogens (tertiary/aromatic N) is 1. The van der Waals surface area contributed by atoms with E-state index in [0.717, 1.165) is 5.56 Å². The molecular weight excluding hydrogens is 300 g/mol. The van der Waals surface area contributed by atoms with Crippen molar-refractivity contribution in [1.29, 1.82) is 0 Å². The predicted molar refractivity (Wildman–Crippen MR) is 79.1 cm³/mol. The molecule has 1 amide bonds. The average Bonchev–Trinajstić information content (AvgIpc) is 2.71. The molecule has 1 heterocycles. The van der Waals surface area contributed by atoms with Crippen LogP contribution in [0, 0.1) is 0 Å². The maximum Gasteiger partial charge on any atom is 0.530 e. The highest BCUT2D eigenvalue weighted by Gasteiger charge is 2.46. The van der Waals surface area contributed by atoms with E-state index in [0.29, 0.717) is 29.8 Å². The Hall–Kier alpha value is -1.34. The lowest BCUT2D eigenvalue weighted by Gasteiger charge is -2.27. The summed E-state index contributed by atoms with van der Waals surface area (Å²) in [6, 6.07) is 5.14.